The first kappa shape index (κ1) is 15.6. The molecule has 0 bridgehead atoms. The number of tetrazole rings is 1. The standard InChI is InChI=1S/C16H15Cl2N5O/c1-16(2)6-11-13(12(24)7-16)14(23-15(19-11)20-21-22-23)9-4-3-8(17)5-10(9)18/h3-5,14H,6-7H2,1-2H3,(H,19,20,22). The largest absolute Gasteiger partial charge is 0.326 e. The number of rotatable bonds is 1. The Balaban J connectivity index is 1.93. The number of carbonyl (C=O) groups excluding carboxylic acids is 1. The van der Waals surface area contributed by atoms with Gasteiger partial charge < -0.3 is 5.32 Å². The molecular formula is C16H15Cl2N5O. The van der Waals surface area contributed by atoms with Crippen LogP contribution in [0.3, 0.4) is 0 Å². The quantitative estimate of drug-likeness (QED) is 0.837. The topological polar surface area (TPSA) is 72.7 Å². The maximum atomic E-state index is 12.9. The van der Waals surface area contributed by atoms with Gasteiger partial charge in [0, 0.05) is 33.3 Å². The lowest BCUT2D eigenvalue weighted by Gasteiger charge is -2.38. The zero-order valence-corrected chi connectivity index (χ0v) is 14.7. The molecule has 0 saturated carbocycles. The van der Waals surface area contributed by atoms with Gasteiger partial charge in [0.15, 0.2) is 5.78 Å². The van der Waals surface area contributed by atoms with Crippen molar-refractivity contribution in [1.29, 1.82) is 0 Å². The van der Waals surface area contributed by atoms with Crippen LogP contribution in [0.15, 0.2) is 29.5 Å². The second kappa shape index (κ2) is 5.29. The SMILES string of the molecule is CC1(C)CC(=O)C2=C(C1)Nc1nnnn1C2c1ccc(Cl)cc1Cl. The maximum absolute atomic E-state index is 12.9. The fourth-order valence-electron chi connectivity index (χ4n) is 3.48. The van der Waals surface area contributed by atoms with Crippen LogP contribution in [0.5, 0.6) is 0 Å². The molecule has 1 unspecified atom stereocenters. The van der Waals surface area contributed by atoms with Gasteiger partial charge in [0.25, 0.3) is 0 Å². The number of Topliss-reactive ketones (excluding diaryl/α,β-unsaturated/α-hetero) is 1. The molecule has 8 heteroatoms. The van der Waals surface area contributed by atoms with Gasteiger partial charge in [-0.05, 0) is 34.4 Å². The number of anilines is 1. The van der Waals surface area contributed by atoms with Crippen molar-refractivity contribution in [2.24, 2.45) is 5.41 Å². The number of hydrogen-bond acceptors (Lipinski definition) is 5. The molecule has 1 N–H and O–H groups in total. The smallest absolute Gasteiger partial charge is 0.248 e. The molecule has 1 atom stereocenters. The maximum Gasteiger partial charge on any atom is 0.248 e. The molecule has 1 aromatic heterocycles. The van der Waals surface area contributed by atoms with E-state index in [-0.39, 0.29) is 11.2 Å². The van der Waals surface area contributed by atoms with Crippen molar-refractivity contribution in [3.63, 3.8) is 0 Å². The minimum atomic E-state index is -0.445. The van der Waals surface area contributed by atoms with Gasteiger partial charge in [0.2, 0.25) is 5.95 Å². The van der Waals surface area contributed by atoms with Crippen molar-refractivity contribution in [2.45, 2.75) is 32.7 Å². The van der Waals surface area contributed by atoms with Crippen LogP contribution in [-0.2, 0) is 4.79 Å². The molecule has 0 amide bonds. The van der Waals surface area contributed by atoms with E-state index < -0.39 is 6.04 Å². The summed E-state index contributed by atoms with van der Waals surface area (Å²) in [4.78, 5) is 12.9. The van der Waals surface area contributed by atoms with Gasteiger partial charge in [-0.15, -0.1) is 0 Å². The molecule has 0 spiro atoms. The molecule has 2 aromatic rings. The predicted molar refractivity (Wildman–Crippen MR) is 91.1 cm³/mol. The third-order valence-corrected chi connectivity index (χ3v) is 5.01. The lowest BCUT2D eigenvalue weighted by molar-refractivity contribution is -0.118. The zero-order chi connectivity index (χ0) is 17.1. The molecule has 1 aromatic carbocycles. The third-order valence-electron chi connectivity index (χ3n) is 4.45. The molecular weight excluding hydrogens is 349 g/mol. The first-order chi connectivity index (χ1) is 11.4. The molecule has 0 fully saturated rings. The summed E-state index contributed by atoms with van der Waals surface area (Å²) < 4.78 is 1.60. The summed E-state index contributed by atoms with van der Waals surface area (Å²) in [5.74, 6) is 0.598. The van der Waals surface area contributed by atoms with E-state index >= 15 is 0 Å². The molecule has 0 radical (unpaired) electrons. The van der Waals surface area contributed by atoms with Crippen LogP contribution in [0, 0.1) is 5.41 Å². The fourth-order valence-corrected chi connectivity index (χ4v) is 3.99. The van der Waals surface area contributed by atoms with Crippen molar-refractivity contribution >= 4 is 34.9 Å². The van der Waals surface area contributed by atoms with Crippen LogP contribution >= 0.6 is 23.2 Å². The summed E-state index contributed by atoms with van der Waals surface area (Å²) in [5.41, 5.74) is 2.21. The fraction of sp³-hybridized carbons (Fsp3) is 0.375. The lowest BCUT2D eigenvalue weighted by atomic mass is 9.73. The van der Waals surface area contributed by atoms with Gasteiger partial charge in [-0.3, -0.25) is 4.79 Å². The Morgan fingerprint density at radius 2 is 2.08 bits per heavy atom. The van der Waals surface area contributed by atoms with Crippen molar-refractivity contribution in [1.82, 2.24) is 20.2 Å². The first-order valence-corrected chi connectivity index (χ1v) is 8.37. The van der Waals surface area contributed by atoms with E-state index in [0.29, 0.717) is 28.0 Å². The first-order valence-electron chi connectivity index (χ1n) is 7.62. The molecule has 1 aliphatic carbocycles. The average Bonchev–Trinajstić information content (AvgIpc) is 2.92. The number of halogens is 2. The predicted octanol–water partition coefficient (Wildman–Crippen LogP) is 3.64. The highest BCUT2D eigenvalue weighted by molar-refractivity contribution is 6.35. The summed E-state index contributed by atoms with van der Waals surface area (Å²) in [6.45, 7) is 4.16. The van der Waals surface area contributed by atoms with Gasteiger partial charge in [-0.1, -0.05) is 48.2 Å². The van der Waals surface area contributed by atoms with Gasteiger partial charge >= 0.3 is 0 Å². The molecule has 0 saturated heterocycles. The second-order valence-corrected chi connectivity index (χ2v) is 7.82. The molecule has 24 heavy (non-hydrogen) atoms. The second-order valence-electron chi connectivity index (χ2n) is 6.97. The minimum Gasteiger partial charge on any atom is -0.326 e. The lowest BCUT2D eigenvalue weighted by Crippen LogP contribution is -2.36. The number of nitrogens with zero attached hydrogens (tertiary/aromatic N) is 4. The molecule has 6 nitrogen and oxygen atoms in total. The molecule has 2 heterocycles. The summed E-state index contributed by atoms with van der Waals surface area (Å²) in [5, 5.41) is 16.1. The molecule has 124 valence electrons. The van der Waals surface area contributed by atoms with E-state index in [4.69, 9.17) is 23.2 Å². The van der Waals surface area contributed by atoms with Crippen LogP contribution in [0.1, 0.15) is 38.3 Å². The summed E-state index contributed by atoms with van der Waals surface area (Å²) >= 11 is 12.4. The van der Waals surface area contributed by atoms with E-state index in [1.54, 1.807) is 16.8 Å². The molecule has 4 rings (SSSR count). The Bertz CT molecular complexity index is 886. The van der Waals surface area contributed by atoms with Crippen LogP contribution in [0.25, 0.3) is 0 Å². The number of ketones is 1. The number of allylic oxidation sites excluding steroid dienone is 2. The van der Waals surface area contributed by atoms with Gasteiger partial charge in [-0.2, -0.15) is 4.68 Å². The number of benzene rings is 1. The van der Waals surface area contributed by atoms with E-state index in [9.17, 15) is 4.79 Å². The van der Waals surface area contributed by atoms with Gasteiger partial charge in [0.05, 0.1) is 0 Å². The number of fused-ring (bicyclic) bond motifs is 1. The number of carbonyl (C=O) groups is 1. The van der Waals surface area contributed by atoms with E-state index in [1.807, 2.05) is 6.07 Å². The molecule has 2 aliphatic rings. The van der Waals surface area contributed by atoms with Gasteiger partial charge in [-0.25, -0.2) is 0 Å². The van der Waals surface area contributed by atoms with Crippen molar-refractivity contribution in [3.05, 3.63) is 45.1 Å². The van der Waals surface area contributed by atoms with Crippen molar-refractivity contribution in [3.8, 4) is 0 Å². The Morgan fingerprint density at radius 1 is 1.29 bits per heavy atom. The molecule has 1 aliphatic heterocycles. The highest BCUT2D eigenvalue weighted by atomic mass is 35.5. The normalized spacial score (nSPS) is 22.0. The van der Waals surface area contributed by atoms with E-state index in [1.165, 1.54) is 0 Å². The number of nitrogens with one attached hydrogen (secondary N) is 1. The summed E-state index contributed by atoms with van der Waals surface area (Å²) in [7, 11) is 0. The monoisotopic (exact) mass is 363 g/mol. The van der Waals surface area contributed by atoms with Crippen LogP contribution < -0.4 is 5.32 Å². The van der Waals surface area contributed by atoms with Crippen LogP contribution in [0.4, 0.5) is 5.95 Å². The highest BCUT2D eigenvalue weighted by Crippen LogP contribution is 2.46. The third kappa shape index (κ3) is 2.41. The highest BCUT2D eigenvalue weighted by Gasteiger charge is 2.42. The van der Waals surface area contributed by atoms with Crippen LogP contribution in [0.2, 0.25) is 10.0 Å². The Labute approximate surface area is 148 Å². The van der Waals surface area contributed by atoms with E-state index in [2.05, 4.69) is 34.7 Å². The van der Waals surface area contributed by atoms with Crippen LogP contribution in [-0.4, -0.2) is 26.0 Å². The number of aromatic nitrogens is 4. The minimum absolute atomic E-state index is 0.0888. The summed E-state index contributed by atoms with van der Waals surface area (Å²) in [6.07, 6.45) is 1.23. The van der Waals surface area contributed by atoms with Gasteiger partial charge in [0.1, 0.15) is 6.04 Å². The van der Waals surface area contributed by atoms with E-state index in [0.717, 1.165) is 17.7 Å². The average molecular weight is 364 g/mol. The zero-order valence-electron chi connectivity index (χ0n) is 13.2. The Kier molecular flexibility index (Phi) is 3.44. The van der Waals surface area contributed by atoms with Crippen molar-refractivity contribution < 1.29 is 4.79 Å². The Morgan fingerprint density at radius 3 is 2.83 bits per heavy atom. The Hall–Kier alpha value is -1.92. The summed E-state index contributed by atoms with van der Waals surface area (Å²) in [6, 6.07) is 4.80. The number of hydrogen-bond donors (Lipinski definition) is 1. The van der Waals surface area contributed by atoms with Crippen molar-refractivity contribution in [2.75, 3.05) is 5.32 Å².